The highest BCUT2D eigenvalue weighted by Gasteiger charge is 2.26. The molecule has 1 aliphatic rings. The van der Waals surface area contributed by atoms with Gasteiger partial charge in [0.25, 0.3) is 0 Å². The van der Waals surface area contributed by atoms with Crippen molar-refractivity contribution in [2.45, 2.75) is 52.4 Å². The van der Waals surface area contributed by atoms with E-state index < -0.39 is 9.84 Å². The fraction of sp³-hybridized carbons (Fsp3) is 0.619. The third-order valence-corrected chi connectivity index (χ3v) is 6.51. The first-order valence-electron chi connectivity index (χ1n) is 9.92. The van der Waals surface area contributed by atoms with Crippen molar-refractivity contribution in [3.63, 3.8) is 0 Å². The lowest BCUT2D eigenvalue weighted by Crippen LogP contribution is -2.37. The van der Waals surface area contributed by atoms with Gasteiger partial charge in [0.15, 0.2) is 9.84 Å². The van der Waals surface area contributed by atoms with Crippen molar-refractivity contribution in [1.82, 2.24) is 4.90 Å². The maximum atomic E-state index is 12.8. The molecular formula is C21H32N2O4S. The van der Waals surface area contributed by atoms with Gasteiger partial charge in [0.2, 0.25) is 11.8 Å². The summed E-state index contributed by atoms with van der Waals surface area (Å²) in [5.41, 5.74) is 1.64. The monoisotopic (exact) mass is 408 g/mol. The van der Waals surface area contributed by atoms with Crippen LogP contribution in [0, 0.1) is 11.8 Å². The minimum absolute atomic E-state index is 0.0154. The molecule has 0 saturated heterocycles. The van der Waals surface area contributed by atoms with E-state index in [-0.39, 0.29) is 28.9 Å². The molecule has 2 amide bonds. The Morgan fingerprint density at radius 1 is 1.11 bits per heavy atom. The summed E-state index contributed by atoms with van der Waals surface area (Å²) in [5, 5.41) is 0. The number of benzene rings is 1. The lowest BCUT2D eigenvalue weighted by molar-refractivity contribution is -0.131. The summed E-state index contributed by atoms with van der Waals surface area (Å²) in [5.74, 6) is 0.305. The molecule has 6 nitrogen and oxygen atoms in total. The molecule has 0 fully saturated rings. The summed E-state index contributed by atoms with van der Waals surface area (Å²) in [6, 6.07) is 4.89. The Hall–Kier alpha value is -1.89. The summed E-state index contributed by atoms with van der Waals surface area (Å²) >= 11 is 0. The van der Waals surface area contributed by atoms with Crippen molar-refractivity contribution in [2.24, 2.45) is 11.8 Å². The number of amides is 2. The van der Waals surface area contributed by atoms with Gasteiger partial charge in [-0.3, -0.25) is 9.59 Å². The second kappa shape index (κ2) is 9.07. The Bertz CT molecular complexity index is 821. The predicted octanol–water partition coefficient (Wildman–Crippen LogP) is 2.90. The van der Waals surface area contributed by atoms with Crippen LogP contribution in [0.4, 0.5) is 5.69 Å². The average Bonchev–Trinajstić information content (AvgIpc) is 3.01. The minimum atomic E-state index is -3.56. The normalized spacial score (nSPS) is 13.9. The van der Waals surface area contributed by atoms with E-state index in [4.69, 9.17) is 0 Å². The minimum Gasteiger partial charge on any atom is -0.342 e. The van der Waals surface area contributed by atoms with Crippen molar-refractivity contribution in [3.05, 3.63) is 23.8 Å². The van der Waals surface area contributed by atoms with Crippen LogP contribution in [0.5, 0.6) is 0 Å². The molecular weight excluding hydrogens is 376 g/mol. The van der Waals surface area contributed by atoms with Gasteiger partial charge >= 0.3 is 0 Å². The van der Waals surface area contributed by atoms with Crippen LogP contribution in [-0.4, -0.2) is 50.5 Å². The van der Waals surface area contributed by atoms with Crippen molar-refractivity contribution in [3.8, 4) is 0 Å². The van der Waals surface area contributed by atoms with E-state index in [0.29, 0.717) is 37.9 Å². The smallest absolute Gasteiger partial charge is 0.223 e. The number of nitrogens with zero attached hydrogens (tertiary/aromatic N) is 2. The summed E-state index contributed by atoms with van der Waals surface area (Å²) in [6.45, 7) is 11.5. The quantitative estimate of drug-likeness (QED) is 0.663. The summed E-state index contributed by atoms with van der Waals surface area (Å²) in [4.78, 5) is 27.9. The highest BCUT2D eigenvalue weighted by Crippen LogP contribution is 2.30. The van der Waals surface area contributed by atoms with Crippen LogP contribution in [0.1, 0.15) is 46.6 Å². The molecule has 0 aliphatic carbocycles. The number of hydrogen-bond donors (Lipinski definition) is 0. The molecule has 28 heavy (non-hydrogen) atoms. The third kappa shape index (κ3) is 5.56. The third-order valence-electron chi connectivity index (χ3n) is 4.79. The SMILES string of the molecule is CC(=O)N1CCc2cc(S(=O)(=O)CCC(=O)N(CC(C)C)CC(C)C)ccc21. The number of carbonyl (C=O) groups excluding carboxylic acids is 2. The van der Waals surface area contributed by atoms with Gasteiger partial charge in [-0.2, -0.15) is 0 Å². The van der Waals surface area contributed by atoms with Gasteiger partial charge < -0.3 is 9.80 Å². The molecule has 2 rings (SSSR count). The first-order chi connectivity index (χ1) is 13.0. The van der Waals surface area contributed by atoms with E-state index in [2.05, 4.69) is 0 Å². The second-order valence-corrected chi connectivity index (χ2v) is 10.5. The molecule has 0 N–H and O–H groups in total. The Labute approximate surface area is 168 Å². The lowest BCUT2D eigenvalue weighted by atomic mass is 10.1. The summed E-state index contributed by atoms with van der Waals surface area (Å²) in [7, 11) is -3.56. The van der Waals surface area contributed by atoms with Crippen LogP contribution in [0.3, 0.4) is 0 Å². The predicted molar refractivity (Wildman–Crippen MR) is 111 cm³/mol. The van der Waals surface area contributed by atoms with Crippen LogP contribution < -0.4 is 4.90 Å². The highest BCUT2D eigenvalue weighted by atomic mass is 32.2. The Balaban J connectivity index is 2.09. The van der Waals surface area contributed by atoms with E-state index in [1.54, 1.807) is 28.0 Å². The molecule has 1 aromatic carbocycles. The highest BCUT2D eigenvalue weighted by molar-refractivity contribution is 7.91. The Morgan fingerprint density at radius 3 is 2.25 bits per heavy atom. The summed E-state index contributed by atoms with van der Waals surface area (Å²) < 4.78 is 25.5. The second-order valence-electron chi connectivity index (χ2n) is 8.37. The van der Waals surface area contributed by atoms with E-state index >= 15 is 0 Å². The molecule has 1 heterocycles. The van der Waals surface area contributed by atoms with Crippen LogP contribution in [-0.2, 0) is 25.8 Å². The molecule has 0 aromatic heterocycles. The molecule has 0 atom stereocenters. The first kappa shape index (κ1) is 22.4. The number of rotatable bonds is 8. The maximum Gasteiger partial charge on any atom is 0.223 e. The Kier molecular flexibility index (Phi) is 7.26. The van der Waals surface area contributed by atoms with E-state index in [1.807, 2.05) is 27.7 Å². The van der Waals surface area contributed by atoms with E-state index in [0.717, 1.165) is 11.3 Å². The van der Waals surface area contributed by atoms with Gasteiger partial charge in [0.05, 0.1) is 10.6 Å². The fourth-order valence-corrected chi connectivity index (χ4v) is 4.83. The van der Waals surface area contributed by atoms with Crippen molar-refractivity contribution < 1.29 is 18.0 Å². The zero-order valence-corrected chi connectivity index (χ0v) is 18.4. The van der Waals surface area contributed by atoms with Gasteiger partial charge in [-0.05, 0) is 42.0 Å². The van der Waals surface area contributed by atoms with Crippen molar-refractivity contribution in [2.75, 3.05) is 30.3 Å². The topological polar surface area (TPSA) is 74.8 Å². The molecule has 0 saturated carbocycles. The lowest BCUT2D eigenvalue weighted by Gasteiger charge is -2.26. The number of anilines is 1. The Morgan fingerprint density at radius 2 is 1.71 bits per heavy atom. The van der Waals surface area contributed by atoms with Gasteiger partial charge in [-0.1, -0.05) is 27.7 Å². The van der Waals surface area contributed by atoms with Crippen LogP contribution in [0.2, 0.25) is 0 Å². The largest absolute Gasteiger partial charge is 0.342 e. The van der Waals surface area contributed by atoms with Gasteiger partial charge in [0.1, 0.15) is 0 Å². The molecule has 0 unspecified atom stereocenters. The number of fused-ring (bicyclic) bond motifs is 1. The molecule has 0 bridgehead atoms. The van der Waals surface area contributed by atoms with Crippen LogP contribution >= 0.6 is 0 Å². The van der Waals surface area contributed by atoms with Gasteiger partial charge in [-0.25, -0.2) is 8.42 Å². The standard InChI is InChI=1S/C21H32N2O4S/c1-15(2)13-22(14-16(3)4)21(25)9-11-28(26,27)19-6-7-20-18(12-19)8-10-23(20)17(5)24/h6-7,12,15-16H,8-11,13-14H2,1-5H3. The molecule has 0 spiro atoms. The molecule has 0 radical (unpaired) electrons. The molecule has 156 valence electrons. The zero-order valence-electron chi connectivity index (χ0n) is 17.6. The van der Waals surface area contributed by atoms with Crippen LogP contribution in [0.15, 0.2) is 23.1 Å². The fourth-order valence-electron chi connectivity index (χ4n) is 3.56. The van der Waals surface area contributed by atoms with Gasteiger partial charge in [0, 0.05) is 38.7 Å². The average molecular weight is 409 g/mol. The maximum absolute atomic E-state index is 12.8. The molecule has 1 aliphatic heterocycles. The first-order valence-corrected chi connectivity index (χ1v) is 11.6. The summed E-state index contributed by atoms with van der Waals surface area (Å²) in [6.07, 6.45) is 0.631. The molecule has 7 heteroatoms. The van der Waals surface area contributed by atoms with E-state index in [9.17, 15) is 18.0 Å². The zero-order chi connectivity index (χ0) is 21.1. The molecule has 1 aromatic rings. The van der Waals surface area contributed by atoms with Crippen molar-refractivity contribution in [1.29, 1.82) is 0 Å². The van der Waals surface area contributed by atoms with Crippen LogP contribution in [0.25, 0.3) is 0 Å². The van der Waals surface area contributed by atoms with Gasteiger partial charge in [-0.15, -0.1) is 0 Å². The van der Waals surface area contributed by atoms with Crippen molar-refractivity contribution >= 4 is 27.3 Å². The number of sulfone groups is 1. The van der Waals surface area contributed by atoms with E-state index in [1.165, 1.54) is 6.92 Å². The number of hydrogen-bond acceptors (Lipinski definition) is 4. The number of carbonyl (C=O) groups is 2.